The highest BCUT2D eigenvalue weighted by Crippen LogP contribution is 2.22. The Balaban J connectivity index is 1.97. The predicted molar refractivity (Wildman–Crippen MR) is 113 cm³/mol. The molecule has 9 heteroatoms. The molecule has 29 heavy (non-hydrogen) atoms. The monoisotopic (exact) mass is 419 g/mol. The quantitative estimate of drug-likeness (QED) is 0.451. The molecule has 0 spiro atoms. The number of nitro benzene ring substituents is 1. The van der Waals surface area contributed by atoms with Crippen molar-refractivity contribution in [3.05, 3.63) is 62.7 Å². The molecular weight excluding hydrogens is 396 g/mol. The number of aryl methyl sites for hydroxylation is 2. The number of likely N-dealkylation sites (N-methyl/N-ethyl adjacent to an activating group) is 1. The summed E-state index contributed by atoms with van der Waals surface area (Å²) < 4.78 is 0. The lowest BCUT2D eigenvalue weighted by Gasteiger charge is -2.18. The van der Waals surface area contributed by atoms with Crippen LogP contribution in [0.15, 0.2) is 36.4 Å². The zero-order valence-corrected chi connectivity index (χ0v) is 17.3. The first-order chi connectivity index (χ1) is 13.7. The molecule has 2 aromatic rings. The van der Waals surface area contributed by atoms with Gasteiger partial charge in [-0.1, -0.05) is 23.7 Å². The van der Waals surface area contributed by atoms with Crippen molar-refractivity contribution in [2.75, 3.05) is 30.3 Å². The van der Waals surface area contributed by atoms with Crippen molar-refractivity contribution < 1.29 is 19.4 Å². The topological polar surface area (TPSA) is 106 Å². The summed E-state index contributed by atoms with van der Waals surface area (Å²) in [6.07, 6.45) is 0. The van der Waals surface area contributed by atoms with Crippen molar-refractivity contribution in [1.82, 2.24) is 0 Å². The van der Waals surface area contributed by atoms with Crippen molar-refractivity contribution >= 4 is 40.5 Å². The fourth-order valence-electron chi connectivity index (χ4n) is 2.74. The van der Waals surface area contributed by atoms with Gasteiger partial charge in [0.1, 0.15) is 0 Å². The molecule has 1 atom stereocenters. The van der Waals surface area contributed by atoms with E-state index in [1.165, 1.54) is 12.1 Å². The highest BCUT2D eigenvalue weighted by atomic mass is 35.5. The van der Waals surface area contributed by atoms with Gasteiger partial charge in [0.15, 0.2) is 13.1 Å². The molecule has 2 aromatic carbocycles. The Hall–Kier alpha value is -2.97. The van der Waals surface area contributed by atoms with Crippen molar-refractivity contribution in [3.8, 4) is 0 Å². The number of nitrogens with zero attached hydrogens (tertiary/aromatic N) is 1. The number of anilines is 2. The number of non-ortho nitro benzene ring substituents is 1. The Bertz CT molecular complexity index is 933. The standard InChI is InChI=1S/C20H23ClN4O4/c1-4-24(11-19(26)22-17-9-15(21)7-5-13(17)2)12-20(27)23-18-10-16(25(28)29)8-6-14(18)3/h5-10H,4,11-12H2,1-3H3,(H,22,26)(H,23,27)/p+1. The van der Waals surface area contributed by atoms with Crippen LogP contribution in [0.5, 0.6) is 0 Å². The minimum atomic E-state index is -0.513. The van der Waals surface area contributed by atoms with E-state index >= 15 is 0 Å². The molecule has 2 amide bonds. The number of quaternary nitrogens is 1. The van der Waals surface area contributed by atoms with Crippen LogP contribution in [0.2, 0.25) is 5.02 Å². The highest BCUT2D eigenvalue weighted by molar-refractivity contribution is 6.31. The molecule has 0 bridgehead atoms. The maximum atomic E-state index is 12.4. The van der Waals surface area contributed by atoms with Gasteiger partial charge in [-0.3, -0.25) is 19.7 Å². The number of nitro groups is 1. The van der Waals surface area contributed by atoms with E-state index in [1.54, 1.807) is 25.1 Å². The van der Waals surface area contributed by atoms with Crippen LogP contribution in [-0.4, -0.2) is 36.4 Å². The summed E-state index contributed by atoms with van der Waals surface area (Å²) in [6.45, 7) is 6.21. The number of hydrogen-bond donors (Lipinski definition) is 3. The van der Waals surface area contributed by atoms with Crippen LogP contribution in [-0.2, 0) is 9.59 Å². The average molecular weight is 420 g/mol. The van der Waals surface area contributed by atoms with Crippen LogP contribution >= 0.6 is 11.6 Å². The van der Waals surface area contributed by atoms with E-state index in [0.717, 1.165) is 16.0 Å². The number of amides is 2. The first-order valence-corrected chi connectivity index (χ1v) is 9.51. The Morgan fingerprint density at radius 2 is 1.52 bits per heavy atom. The molecule has 0 radical (unpaired) electrons. The molecule has 0 aromatic heterocycles. The van der Waals surface area contributed by atoms with E-state index in [9.17, 15) is 19.7 Å². The third kappa shape index (κ3) is 6.55. The molecule has 0 aliphatic rings. The van der Waals surface area contributed by atoms with E-state index in [-0.39, 0.29) is 30.6 Å². The Morgan fingerprint density at radius 3 is 2.03 bits per heavy atom. The van der Waals surface area contributed by atoms with Crippen molar-refractivity contribution in [1.29, 1.82) is 0 Å². The number of benzene rings is 2. The van der Waals surface area contributed by atoms with Crippen LogP contribution in [0.4, 0.5) is 17.1 Å². The zero-order chi connectivity index (χ0) is 21.6. The molecule has 3 N–H and O–H groups in total. The van der Waals surface area contributed by atoms with E-state index in [2.05, 4.69) is 10.6 Å². The van der Waals surface area contributed by atoms with E-state index < -0.39 is 4.92 Å². The third-order valence-electron chi connectivity index (χ3n) is 4.50. The molecule has 1 unspecified atom stereocenters. The smallest absolute Gasteiger partial charge is 0.279 e. The number of nitrogens with one attached hydrogen (secondary N) is 3. The lowest BCUT2D eigenvalue weighted by molar-refractivity contribution is -0.881. The maximum Gasteiger partial charge on any atom is 0.279 e. The molecule has 0 saturated heterocycles. The van der Waals surface area contributed by atoms with Crippen LogP contribution in [0.1, 0.15) is 18.1 Å². The number of halogens is 1. The van der Waals surface area contributed by atoms with E-state index in [0.29, 0.717) is 22.9 Å². The third-order valence-corrected chi connectivity index (χ3v) is 4.74. The SMILES string of the molecule is CC[NH+](CC(=O)Nc1cc(Cl)ccc1C)CC(=O)Nc1cc([N+](=O)[O-])ccc1C. The van der Waals surface area contributed by atoms with Gasteiger partial charge in [-0.05, 0) is 44.0 Å². The van der Waals surface area contributed by atoms with Gasteiger partial charge >= 0.3 is 0 Å². The van der Waals surface area contributed by atoms with Gasteiger partial charge in [0, 0.05) is 22.8 Å². The minimum Gasteiger partial charge on any atom is -0.321 e. The van der Waals surface area contributed by atoms with Gasteiger partial charge in [0.05, 0.1) is 17.2 Å². The van der Waals surface area contributed by atoms with Crippen molar-refractivity contribution in [3.63, 3.8) is 0 Å². The Kier molecular flexibility index (Phi) is 7.69. The molecule has 0 saturated carbocycles. The van der Waals surface area contributed by atoms with Crippen LogP contribution in [0.25, 0.3) is 0 Å². The Labute approximate surface area is 174 Å². The van der Waals surface area contributed by atoms with Crippen LogP contribution < -0.4 is 15.5 Å². The zero-order valence-electron chi connectivity index (χ0n) is 16.5. The summed E-state index contributed by atoms with van der Waals surface area (Å²) in [7, 11) is 0. The molecule has 154 valence electrons. The molecular formula is C20H24ClN4O4+. The van der Waals surface area contributed by atoms with Crippen molar-refractivity contribution in [2.45, 2.75) is 20.8 Å². The van der Waals surface area contributed by atoms with Crippen LogP contribution in [0, 0.1) is 24.0 Å². The van der Waals surface area contributed by atoms with Crippen LogP contribution in [0.3, 0.4) is 0 Å². The first-order valence-electron chi connectivity index (χ1n) is 9.14. The second-order valence-corrected chi connectivity index (χ2v) is 7.21. The number of rotatable bonds is 8. The summed E-state index contributed by atoms with van der Waals surface area (Å²) in [5.74, 6) is -0.552. The molecule has 2 rings (SSSR count). The predicted octanol–water partition coefficient (Wildman–Crippen LogP) is 2.35. The summed E-state index contributed by atoms with van der Waals surface area (Å²) in [4.78, 5) is 35.9. The normalized spacial score (nSPS) is 11.6. The lowest BCUT2D eigenvalue weighted by Crippen LogP contribution is -3.13. The maximum absolute atomic E-state index is 12.4. The summed E-state index contributed by atoms with van der Waals surface area (Å²) in [5.41, 5.74) is 2.53. The van der Waals surface area contributed by atoms with Gasteiger partial charge < -0.3 is 15.5 Å². The number of hydrogen-bond acceptors (Lipinski definition) is 4. The molecule has 0 aliphatic carbocycles. The van der Waals surface area contributed by atoms with E-state index in [4.69, 9.17) is 11.6 Å². The van der Waals surface area contributed by atoms with Gasteiger partial charge in [-0.2, -0.15) is 0 Å². The second-order valence-electron chi connectivity index (χ2n) is 6.77. The van der Waals surface area contributed by atoms with E-state index in [1.807, 2.05) is 19.9 Å². The number of carbonyl (C=O) groups is 2. The van der Waals surface area contributed by atoms with Crippen molar-refractivity contribution in [2.24, 2.45) is 0 Å². The molecule has 8 nitrogen and oxygen atoms in total. The minimum absolute atomic E-state index is 0.0561. The van der Waals surface area contributed by atoms with Gasteiger partial charge in [0.25, 0.3) is 17.5 Å². The summed E-state index contributed by atoms with van der Waals surface area (Å²) >= 11 is 5.97. The number of carbonyl (C=O) groups excluding carboxylic acids is 2. The molecule has 0 heterocycles. The highest BCUT2D eigenvalue weighted by Gasteiger charge is 2.19. The average Bonchev–Trinajstić information content (AvgIpc) is 2.65. The largest absolute Gasteiger partial charge is 0.321 e. The fourth-order valence-corrected chi connectivity index (χ4v) is 2.91. The van der Waals surface area contributed by atoms with Gasteiger partial charge in [-0.15, -0.1) is 0 Å². The summed E-state index contributed by atoms with van der Waals surface area (Å²) in [5, 5.41) is 17.0. The first kappa shape index (κ1) is 22.3. The van der Waals surface area contributed by atoms with Gasteiger partial charge in [-0.25, -0.2) is 0 Å². The molecule has 0 fully saturated rings. The summed E-state index contributed by atoms with van der Waals surface area (Å²) in [6, 6.07) is 9.54. The molecule has 0 aliphatic heterocycles. The Morgan fingerprint density at radius 1 is 1.00 bits per heavy atom. The lowest BCUT2D eigenvalue weighted by atomic mass is 10.2. The second kappa shape index (κ2) is 9.99. The fraction of sp³-hybridized carbons (Fsp3) is 0.300. The van der Waals surface area contributed by atoms with Gasteiger partial charge in [0.2, 0.25) is 0 Å².